The van der Waals surface area contributed by atoms with Crippen molar-refractivity contribution in [3.05, 3.63) is 82.8 Å². The highest BCUT2D eigenvalue weighted by molar-refractivity contribution is 6.30. The van der Waals surface area contributed by atoms with Gasteiger partial charge in [0, 0.05) is 29.1 Å². The summed E-state index contributed by atoms with van der Waals surface area (Å²) < 4.78 is 7.19. The first-order chi connectivity index (χ1) is 14.1. The molecule has 0 bridgehead atoms. The highest BCUT2D eigenvalue weighted by Crippen LogP contribution is 2.37. The topological polar surface area (TPSA) is 56.5 Å². The highest BCUT2D eigenvalue weighted by atomic mass is 35.5. The lowest BCUT2D eigenvalue weighted by atomic mass is 9.82. The van der Waals surface area contributed by atoms with Crippen LogP contribution in [-0.4, -0.2) is 27.5 Å². The summed E-state index contributed by atoms with van der Waals surface area (Å²) in [5.41, 5.74) is 5.04. The molecule has 0 spiro atoms. The molecule has 0 amide bonds. The molecule has 1 atom stereocenters. The van der Waals surface area contributed by atoms with E-state index in [9.17, 15) is 4.79 Å². The largest absolute Gasteiger partial charge is 0.496 e. The highest BCUT2D eigenvalue weighted by Gasteiger charge is 2.30. The van der Waals surface area contributed by atoms with E-state index in [2.05, 4.69) is 5.10 Å². The second-order valence-electron chi connectivity index (χ2n) is 7.21. The Labute approximate surface area is 172 Å². The van der Waals surface area contributed by atoms with E-state index in [1.54, 1.807) is 24.0 Å². The molecule has 0 fully saturated rings. The van der Waals surface area contributed by atoms with Crippen LogP contribution in [0.1, 0.15) is 34.0 Å². The third kappa shape index (κ3) is 3.08. The summed E-state index contributed by atoms with van der Waals surface area (Å²) in [4.78, 5) is 17.8. The van der Waals surface area contributed by atoms with E-state index in [-0.39, 0.29) is 11.7 Å². The Morgan fingerprint density at radius 2 is 1.97 bits per heavy atom. The fourth-order valence-corrected chi connectivity index (χ4v) is 4.25. The number of hydrogen-bond donors (Lipinski definition) is 0. The number of ketones is 1. The van der Waals surface area contributed by atoms with Gasteiger partial charge in [0.2, 0.25) is 0 Å². The summed E-state index contributed by atoms with van der Waals surface area (Å²) >= 11 is 6.16. The molecule has 5 nitrogen and oxygen atoms in total. The monoisotopic (exact) mass is 403 g/mol. The number of para-hydroxylation sites is 1. The van der Waals surface area contributed by atoms with Crippen LogP contribution in [0.5, 0.6) is 5.75 Å². The number of aromatic nitrogens is 3. The Hall–Kier alpha value is -3.18. The van der Waals surface area contributed by atoms with Crippen LogP contribution in [0.2, 0.25) is 5.02 Å². The van der Waals surface area contributed by atoms with Crippen molar-refractivity contribution in [1.82, 2.24) is 14.6 Å². The SMILES string of the molecule is COc1ccccc1C1CC(=O)c2cn3ncc(-c4cccc(Cl)c4)c3nc2C1. The Kier molecular flexibility index (Phi) is 4.32. The number of halogens is 1. The van der Waals surface area contributed by atoms with Gasteiger partial charge < -0.3 is 4.74 Å². The van der Waals surface area contributed by atoms with E-state index in [1.165, 1.54) is 0 Å². The summed E-state index contributed by atoms with van der Waals surface area (Å²) in [6, 6.07) is 15.5. The molecule has 2 aromatic carbocycles. The van der Waals surface area contributed by atoms with Gasteiger partial charge >= 0.3 is 0 Å². The standard InChI is InChI=1S/C23H18ClN3O2/c1-29-22-8-3-2-7-17(22)15-10-20-19(21(28)11-15)13-27-23(26-20)18(12-25-27)14-5-4-6-16(24)9-14/h2-9,12-13,15H,10-11H2,1H3. The Morgan fingerprint density at radius 3 is 2.79 bits per heavy atom. The number of carbonyl (C=O) groups excluding carboxylic acids is 1. The molecule has 1 unspecified atom stereocenters. The molecule has 144 valence electrons. The van der Waals surface area contributed by atoms with Gasteiger partial charge in [0.05, 0.1) is 24.6 Å². The van der Waals surface area contributed by atoms with Crippen LogP contribution in [0.25, 0.3) is 16.8 Å². The van der Waals surface area contributed by atoms with Gasteiger partial charge in [-0.2, -0.15) is 5.10 Å². The molecule has 5 rings (SSSR count). The number of hydrogen-bond acceptors (Lipinski definition) is 4. The van der Waals surface area contributed by atoms with Crippen LogP contribution >= 0.6 is 11.6 Å². The predicted octanol–water partition coefficient (Wildman–Crippen LogP) is 4.97. The van der Waals surface area contributed by atoms with Gasteiger partial charge in [-0.1, -0.05) is 41.9 Å². The maximum Gasteiger partial charge on any atom is 0.166 e. The van der Waals surface area contributed by atoms with Crippen LogP contribution in [-0.2, 0) is 6.42 Å². The van der Waals surface area contributed by atoms with Gasteiger partial charge in [-0.15, -0.1) is 0 Å². The average molecular weight is 404 g/mol. The van der Waals surface area contributed by atoms with Crippen LogP contribution in [0.4, 0.5) is 0 Å². The normalized spacial score (nSPS) is 16.1. The first-order valence-electron chi connectivity index (χ1n) is 9.43. The van der Waals surface area contributed by atoms with E-state index in [1.807, 2.05) is 48.5 Å². The van der Waals surface area contributed by atoms with E-state index >= 15 is 0 Å². The quantitative estimate of drug-likeness (QED) is 0.484. The number of fused-ring (bicyclic) bond motifs is 2. The fraction of sp³-hybridized carbons (Fsp3) is 0.174. The first-order valence-corrected chi connectivity index (χ1v) is 9.81. The summed E-state index contributed by atoms with van der Waals surface area (Å²) in [5, 5.41) is 5.07. The lowest BCUT2D eigenvalue weighted by molar-refractivity contribution is 0.0962. The molecule has 0 radical (unpaired) electrons. The van der Waals surface area contributed by atoms with Crippen molar-refractivity contribution in [1.29, 1.82) is 0 Å². The second-order valence-corrected chi connectivity index (χ2v) is 7.64. The number of Topliss-reactive ketones (excluding diaryl/α,β-unsaturated/α-hetero) is 1. The number of carbonyl (C=O) groups is 1. The lowest BCUT2D eigenvalue weighted by Gasteiger charge is -2.24. The minimum absolute atomic E-state index is 0.0404. The van der Waals surface area contributed by atoms with Crippen LogP contribution in [0.3, 0.4) is 0 Å². The molecule has 6 heteroatoms. The molecule has 1 aliphatic carbocycles. The van der Waals surface area contributed by atoms with Crippen LogP contribution in [0, 0.1) is 0 Å². The molecule has 0 aliphatic heterocycles. The van der Waals surface area contributed by atoms with Crippen molar-refractivity contribution in [3.8, 4) is 16.9 Å². The molecule has 0 saturated carbocycles. The van der Waals surface area contributed by atoms with Crippen molar-refractivity contribution in [3.63, 3.8) is 0 Å². The molecule has 0 N–H and O–H groups in total. The molecule has 2 heterocycles. The summed E-state index contributed by atoms with van der Waals surface area (Å²) in [5.74, 6) is 0.925. The third-order valence-electron chi connectivity index (χ3n) is 5.46. The van der Waals surface area contributed by atoms with Gasteiger partial charge in [0.25, 0.3) is 0 Å². The minimum Gasteiger partial charge on any atom is -0.496 e. The summed E-state index contributed by atoms with van der Waals surface area (Å²) in [6.45, 7) is 0. The predicted molar refractivity (Wildman–Crippen MR) is 112 cm³/mol. The van der Waals surface area contributed by atoms with Crippen molar-refractivity contribution in [2.24, 2.45) is 0 Å². The smallest absolute Gasteiger partial charge is 0.166 e. The van der Waals surface area contributed by atoms with Crippen molar-refractivity contribution >= 4 is 23.0 Å². The van der Waals surface area contributed by atoms with Gasteiger partial charge in [-0.05, 0) is 35.7 Å². The van der Waals surface area contributed by atoms with Crippen molar-refractivity contribution in [2.75, 3.05) is 7.11 Å². The number of benzene rings is 2. The zero-order valence-electron chi connectivity index (χ0n) is 15.8. The van der Waals surface area contributed by atoms with Gasteiger partial charge in [-0.25, -0.2) is 9.50 Å². The summed E-state index contributed by atoms with van der Waals surface area (Å²) in [7, 11) is 1.66. The lowest BCUT2D eigenvalue weighted by Crippen LogP contribution is -2.21. The molecule has 1 aliphatic rings. The zero-order valence-corrected chi connectivity index (χ0v) is 16.6. The number of nitrogens with zero attached hydrogens (tertiary/aromatic N) is 3. The van der Waals surface area contributed by atoms with E-state index in [4.69, 9.17) is 21.3 Å². The molecule has 0 saturated heterocycles. The third-order valence-corrected chi connectivity index (χ3v) is 5.69. The van der Waals surface area contributed by atoms with Crippen molar-refractivity contribution < 1.29 is 9.53 Å². The van der Waals surface area contributed by atoms with Gasteiger partial charge in [0.15, 0.2) is 11.4 Å². The molecular formula is C23H18ClN3O2. The second kappa shape index (κ2) is 7.01. The first kappa shape index (κ1) is 17.9. The number of methoxy groups -OCH3 is 1. The fourth-order valence-electron chi connectivity index (χ4n) is 4.06. The Bertz CT molecular complexity index is 1250. The Morgan fingerprint density at radius 1 is 1.10 bits per heavy atom. The van der Waals surface area contributed by atoms with Crippen LogP contribution < -0.4 is 4.74 Å². The van der Waals surface area contributed by atoms with Crippen LogP contribution in [0.15, 0.2) is 60.9 Å². The molecule has 2 aromatic heterocycles. The van der Waals surface area contributed by atoms with E-state index in [0.717, 1.165) is 33.8 Å². The van der Waals surface area contributed by atoms with Crippen molar-refractivity contribution in [2.45, 2.75) is 18.8 Å². The average Bonchev–Trinajstić information content (AvgIpc) is 3.15. The molecular weight excluding hydrogens is 386 g/mol. The minimum atomic E-state index is 0.0404. The van der Waals surface area contributed by atoms with Gasteiger partial charge in [-0.3, -0.25) is 4.79 Å². The summed E-state index contributed by atoms with van der Waals surface area (Å²) in [6.07, 6.45) is 4.68. The molecule has 4 aromatic rings. The van der Waals surface area contributed by atoms with E-state index in [0.29, 0.717) is 23.4 Å². The maximum absolute atomic E-state index is 12.9. The number of ether oxygens (including phenoxy) is 1. The number of rotatable bonds is 3. The van der Waals surface area contributed by atoms with E-state index < -0.39 is 0 Å². The van der Waals surface area contributed by atoms with Gasteiger partial charge in [0.1, 0.15) is 5.75 Å². The zero-order chi connectivity index (χ0) is 20.0. The maximum atomic E-state index is 12.9. The molecule has 29 heavy (non-hydrogen) atoms. The Balaban J connectivity index is 1.61.